The number of anilines is 1. The van der Waals surface area contributed by atoms with E-state index in [1.165, 1.54) is 6.33 Å². The molecule has 20 heavy (non-hydrogen) atoms. The monoisotopic (exact) mass is 295 g/mol. The molecule has 2 aromatic heterocycles. The van der Waals surface area contributed by atoms with Gasteiger partial charge in [-0.1, -0.05) is 13.8 Å². The van der Waals surface area contributed by atoms with E-state index in [0.717, 1.165) is 16.7 Å². The second-order valence-electron chi connectivity index (χ2n) is 5.44. The number of nitrogens with zero attached hydrogens (tertiary/aromatic N) is 2. The molecule has 0 amide bonds. The lowest BCUT2D eigenvalue weighted by molar-refractivity contribution is 0.0701. The summed E-state index contributed by atoms with van der Waals surface area (Å²) in [5.41, 5.74) is 0.388. The summed E-state index contributed by atoms with van der Waals surface area (Å²) >= 11 is 1.15. The van der Waals surface area contributed by atoms with Crippen LogP contribution >= 0.6 is 11.3 Å². The van der Waals surface area contributed by atoms with E-state index in [2.05, 4.69) is 15.3 Å². The quantitative estimate of drug-likeness (QED) is 0.782. The lowest BCUT2D eigenvalue weighted by atomic mass is 9.95. The van der Waals surface area contributed by atoms with Crippen LogP contribution in [0.3, 0.4) is 0 Å². The van der Waals surface area contributed by atoms with Crippen molar-refractivity contribution in [2.24, 2.45) is 5.41 Å². The van der Waals surface area contributed by atoms with Crippen LogP contribution in [0, 0.1) is 12.3 Å². The molecular formula is C13H17N3O3S. The number of nitrogens with one attached hydrogen (secondary N) is 1. The highest BCUT2D eigenvalue weighted by Crippen LogP contribution is 2.33. The third kappa shape index (κ3) is 2.73. The summed E-state index contributed by atoms with van der Waals surface area (Å²) < 4.78 is 0. The first kappa shape index (κ1) is 14.7. The predicted molar refractivity (Wildman–Crippen MR) is 78.5 cm³/mol. The maximum Gasteiger partial charge on any atom is 0.346 e. The van der Waals surface area contributed by atoms with Gasteiger partial charge in [0, 0.05) is 18.6 Å². The molecule has 2 heterocycles. The van der Waals surface area contributed by atoms with Crippen molar-refractivity contribution in [1.29, 1.82) is 0 Å². The van der Waals surface area contributed by atoms with Gasteiger partial charge in [0.25, 0.3) is 0 Å². The topological polar surface area (TPSA) is 95.3 Å². The normalized spacial score (nSPS) is 11.8. The zero-order chi connectivity index (χ0) is 14.9. The molecular weight excluding hydrogens is 278 g/mol. The number of aliphatic hydroxyl groups is 1. The molecule has 2 aromatic rings. The number of aliphatic hydroxyl groups excluding tert-OH is 1. The number of carboxylic acid groups (broad SMARTS) is 1. The minimum Gasteiger partial charge on any atom is -0.477 e. The smallest absolute Gasteiger partial charge is 0.346 e. The van der Waals surface area contributed by atoms with Crippen LogP contribution in [-0.2, 0) is 0 Å². The molecule has 0 saturated carbocycles. The zero-order valence-electron chi connectivity index (χ0n) is 11.6. The maximum atomic E-state index is 11.2. The van der Waals surface area contributed by atoms with Crippen molar-refractivity contribution in [3.63, 3.8) is 0 Å². The Bertz CT molecular complexity index is 652. The minimum absolute atomic E-state index is 0.0528. The van der Waals surface area contributed by atoms with Crippen LogP contribution in [0.2, 0.25) is 0 Å². The van der Waals surface area contributed by atoms with Crippen molar-refractivity contribution >= 4 is 33.3 Å². The molecule has 108 valence electrons. The molecule has 0 spiro atoms. The summed E-state index contributed by atoms with van der Waals surface area (Å²) in [5.74, 6) is -0.343. The lowest BCUT2D eigenvalue weighted by Crippen LogP contribution is -2.27. The molecule has 0 radical (unpaired) electrons. The summed E-state index contributed by atoms with van der Waals surface area (Å²) in [6, 6.07) is 0. The molecule has 2 rings (SSSR count). The van der Waals surface area contributed by atoms with Gasteiger partial charge in [0.2, 0.25) is 0 Å². The van der Waals surface area contributed by atoms with Crippen molar-refractivity contribution in [2.45, 2.75) is 20.8 Å². The highest BCUT2D eigenvalue weighted by molar-refractivity contribution is 7.20. The molecule has 0 bridgehead atoms. The third-order valence-corrected chi connectivity index (χ3v) is 4.27. The van der Waals surface area contributed by atoms with Gasteiger partial charge in [0.1, 0.15) is 21.9 Å². The van der Waals surface area contributed by atoms with Crippen LogP contribution in [-0.4, -0.2) is 39.3 Å². The first-order chi connectivity index (χ1) is 9.35. The molecule has 0 unspecified atom stereocenters. The number of carboxylic acids is 1. The number of hydrogen-bond acceptors (Lipinski definition) is 6. The molecule has 7 heteroatoms. The van der Waals surface area contributed by atoms with Crippen LogP contribution in [0.4, 0.5) is 5.82 Å². The van der Waals surface area contributed by atoms with Gasteiger partial charge in [-0.25, -0.2) is 14.8 Å². The van der Waals surface area contributed by atoms with Gasteiger partial charge in [0.05, 0.1) is 5.39 Å². The van der Waals surface area contributed by atoms with Crippen molar-refractivity contribution in [1.82, 2.24) is 9.97 Å². The summed E-state index contributed by atoms with van der Waals surface area (Å²) in [6.45, 7) is 6.21. The van der Waals surface area contributed by atoms with Gasteiger partial charge in [0.15, 0.2) is 0 Å². The van der Waals surface area contributed by atoms with Gasteiger partial charge >= 0.3 is 5.97 Å². The fraction of sp³-hybridized carbons (Fsp3) is 0.462. The zero-order valence-corrected chi connectivity index (χ0v) is 12.4. The van der Waals surface area contributed by atoms with Gasteiger partial charge in [-0.15, -0.1) is 11.3 Å². The Labute approximate surface area is 120 Å². The molecule has 6 nitrogen and oxygen atoms in total. The molecule has 0 atom stereocenters. The van der Waals surface area contributed by atoms with Crippen LogP contribution in [0.1, 0.15) is 29.1 Å². The number of aryl methyl sites for hydroxylation is 1. The van der Waals surface area contributed by atoms with E-state index in [1.54, 1.807) is 6.92 Å². The van der Waals surface area contributed by atoms with E-state index < -0.39 is 5.97 Å². The first-order valence-corrected chi connectivity index (χ1v) is 6.99. The van der Waals surface area contributed by atoms with Crippen molar-refractivity contribution in [2.75, 3.05) is 18.5 Å². The fourth-order valence-corrected chi connectivity index (χ4v) is 2.78. The summed E-state index contributed by atoms with van der Waals surface area (Å²) in [7, 11) is 0. The number of aromatic carboxylic acids is 1. The summed E-state index contributed by atoms with van der Waals surface area (Å²) in [4.78, 5) is 20.4. The van der Waals surface area contributed by atoms with E-state index in [1.807, 2.05) is 13.8 Å². The van der Waals surface area contributed by atoms with Gasteiger partial charge in [-0.3, -0.25) is 0 Å². The minimum atomic E-state index is -0.952. The SMILES string of the molecule is Cc1c(C(=O)O)sc2ncnc(NCC(C)(C)CO)c12. The summed E-state index contributed by atoms with van der Waals surface area (Å²) in [6.07, 6.45) is 1.41. The Morgan fingerprint density at radius 2 is 2.15 bits per heavy atom. The van der Waals surface area contributed by atoms with Gasteiger partial charge in [-0.2, -0.15) is 0 Å². The Kier molecular flexibility index (Phi) is 3.92. The Balaban J connectivity index is 2.42. The number of rotatable bonds is 5. The highest BCUT2D eigenvalue weighted by Gasteiger charge is 2.21. The number of aromatic nitrogens is 2. The lowest BCUT2D eigenvalue weighted by Gasteiger charge is -2.22. The molecule has 0 aliphatic heterocycles. The Morgan fingerprint density at radius 3 is 2.75 bits per heavy atom. The van der Waals surface area contributed by atoms with Gasteiger partial charge < -0.3 is 15.5 Å². The van der Waals surface area contributed by atoms with Crippen LogP contribution in [0.5, 0.6) is 0 Å². The Hall–Kier alpha value is -1.73. The third-order valence-electron chi connectivity index (χ3n) is 3.08. The van der Waals surface area contributed by atoms with E-state index in [-0.39, 0.29) is 16.9 Å². The molecule has 0 saturated heterocycles. The number of carbonyl (C=O) groups is 1. The number of hydrogen-bond donors (Lipinski definition) is 3. The second-order valence-corrected chi connectivity index (χ2v) is 6.44. The molecule has 0 aliphatic carbocycles. The molecule has 0 aliphatic rings. The van der Waals surface area contributed by atoms with Crippen molar-refractivity contribution in [3.8, 4) is 0 Å². The fourth-order valence-electron chi connectivity index (χ4n) is 1.79. The standard InChI is InChI=1S/C13H17N3O3S/c1-7-8-10(14-4-13(2,3)5-17)15-6-16-11(8)20-9(7)12(18)19/h6,17H,4-5H2,1-3H3,(H,18,19)(H,14,15,16). The second kappa shape index (κ2) is 5.34. The highest BCUT2D eigenvalue weighted by atomic mass is 32.1. The van der Waals surface area contributed by atoms with Crippen LogP contribution in [0.25, 0.3) is 10.2 Å². The molecule has 0 aromatic carbocycles. The number of fused-ring (bicyclic) bond motifs is 1. The van der Waals surface area contributed by atoms with Crippen molar-refractivity contribution < 1.29 is 15.0 Å². The van der Waals surface area contributed by atoms with E-state index in [0.29, 0.717) is 22.8 Å². The van der Waals surface area contributed by atoms with E-state index in [4.69, 9.17) is 5.11 Å². The van der Waals surface area contributed by atoms with Gasteiger partial charge in [-0.05, 0) is 12.5 Å². The Morgan fingerprint density at radius 1 is 1.45 bits per heavy atom. The van der Waals surface area contributed by atoms with E-state index >= 15 is 0 Å². The molecule has 0 fully saturated rings. The average molecular weight is 295 g/mol. The predicted octanol–water partition coefficient (Wildman–Crippen LogP) is 2.13. The van der Waals surface area contributed by atoms with E-state index in [9.17, 15) is 9.90 Å². The maximum absolute atomic E-state index is 11.2. The largest absolute Gasteiger partial charge is 0.477 e. The number of thiophene rings is 1. The molecule has 3 N–H and O–H groups in total. The van der Waals surface area contributed by atoms with Crippen LogP contribution < -0.4 is 5.32 Å². The average Bonchev–Trinajstić information content (AvgIpc) is 2.75. The van der Waals surface area contributed by atoms with Crippen molar-refractivity contribution in [3.05, 3.63) is 16.8 Å². The van der Waals surface area contributed by atoms with Crippen LogP contribution in [0.15, 0.2) is 6.33 Å². The summed E-state index contributed by atoms with van der Waals surface area (Å²) in [5, 5.41) is 22.3. The first-order valence-electron chi connectivity index (χ1n) is 6.18.